The smallest absolute Gasteiger partial charge is 0.138 e. The van der Waals surface area contributed by atoms with Crippen molar-refractivity contribution in [1.82, 2.24) is 9.55 Å². The number of hydrogen-bond donors (Lipinski definition) is 1. The van der Waals surface area contributed by atoms with Crippen molar-refractivity contribution in [2.75, 3.05) is 0 Å². The minimum absolute atomic E-state index is 0.0762. The van der Waals surface area contributed by atoms with E-state index in [-0.39, 0.29) is 5.92 Å². The molecule has 0 bridgehead atoms. The number of nitrogens with zero attached hydrogens (tertiary/aromatic N) is 2. The van der Waals surface area contributed by atoms with E-state index < -0.39 is 6.10 Å². The highest BCUT2D eigenvalue weighted by molar-refractivity contribution is 5.23. The molecule has 1 aromatic carbocycles. The Morgan fingerprint density at radius 2 is 1.95 bits per heavy atom. The topological polar surface area (TPSA) is 38.1 Å². The Bertz CT molecular complexity index is 506. The van der Waals surface area contributed by atoms with E-state index in [1.807, 2.05) is 36.0 Å². The molecule has 3 heteroatoms. The number of rotatable bonds is 5. The van der Waals surface area contributed by atoms with Crippen LogP contribution in [0.2, 0.25) is 0 Å². The molecule has 0 aliphatic heterocycles. The van der Waals surface area contributed by atoms with Crippen molar-refractivity contribution in [1.29, 1.82) is 0 Å². The summed E-state index contributed by atoms with van der Waals surface area (Å²) in [7, 11) is 1.92. The van der Waals surface area contributed by atoms with Crippen LogP contribution in [0.3, 0.4) is 0 Å². The molecule has 1 aromatic heterocycles. The van der Waals surface area contributed by atoms with E-state index in [1.54, 1.807) is 6.20 Å². The summed E-state index contributed by atoms with van der Waals surface area (Å²) in [6.45, 7) is 4.34. The largest absolute Gasteiger partial charge is 0.385 e. The zero-order valence-corrected chi connectivity index (χ0v) is 11.8. The van der Waals surface area contributed by atoms with Crippen LogP contribution in [0.5, 0.6) is 0 Å². The molecule has 3 nitrogen and oxygen atoms in total. The van der Waals surface area contributed by atoms with Gasteiger partial charge in [0.2, 0.25) is 0 Å². The van der Waals surface area contributed by atoms with Crippen molar-refractivity contribution in [2.24, 2.45) is 13.0 Å². The van der Waals surface area contributed by atoms with Crippen molar-refractivity contribution < 1.29 is 5.11 Å². The first-order valence-corrected chi connectivity index (χ1v) is 6.85. The lowest BCUT2D eigenvalue weighted by atomic mass is 9.81. The van der Waals surface area contributed by atoms with Gasteiger partial charge in [0.25, 0.3) is 0 Å². The maximum atomic E-state index is 10.7. The van der Waals surface area contributed by atoms with Gasteiger partial charge < -0.3 is 9.67 Å². The average molecular weight is 258 g/mol. The number of aliphatic hydroxyl groups is 1. The second kappa shape index (κ2) is 6.02. The van der Waals surface area contributed by atoms with Gasteiger partial charge in [-0.3, -0.25) is 0 Å². The Kier molecular flexibility index (Phi) is 4.38. The molecule has 19 heavy (non-hydrogen) atoms. The fraction of sp³-hybridized carbons (Fsp3) is 0.438. The van der Waals surface area contributed by atoms with E-state index in [0.717, 1.165) is 12.2 Å². The average Bonchev–Trinajstić information content (AvgIpc) is 2.86. The Morgan fingerprint density at radius 1 is 1.26 bits per heavy atom. The van der Waals surface area contributed by atoms with Crippen molar-refractivity contribution in [3.05, 3.63) is 54.1 Å². The van der Waals surface area contributed by atoms with Crippen LogP contribution in [0.1, 0.15) is 43.7 Å². The molecule has 3 atom stereocenters. The Hall–Kier alpha value is -1.61. The number of hydrogen-bond acceptors (Lipinski definition) is 2. The first kappa shape index (κ1) is 13.8. The van der Waals surface area contributed by atoms with Gasteiger partial charge in [-0.1, -0.05) is 50.6 Å². The fourth-order valence-electron chi connectivity index (χ4n) is 2.57. The van der Waals surface area contributed by atoms with Crippen LogP contribution in [-0.2, 0) is 7.05 Å². The summed E-state index contributed by atoms with van der Waals surface area (Å²) >= 11 is 0. The molecule has 0 spiro atoms. The monoisotopic (exact) mass is 258 g/mol. The van der Waals surface area contributed by atoms with Crippen LogP contribution < -0.4 is 0 Å². The third-order valence-electron chi connectivity index (χ3n) is 3.90. The van der Waals surface area contributed by atoms with E-state index in [9.17, 15) is 5.11 Å². The van der Waals surface area contributed by atoms with Gasteiger partial charge in [0, 0.05) is 25.4 Å². The summed E-state index contributed by atoms with van der Waals surface area (Å²) in [6, 6.07) is 10.2. The normalized spacial score (nSPS) is 16.0. The standard InChI is InChI=1S/C16H22N2O/c1-4-12(2)14(13-8-6-5-7-9-13)15(19)16-17-10-11-18(16)3/h5-12,14-15,19H,4H2,1-3H3. The van der Waals surface area contributed by atoms with Gasteiger partial charge in [-0.2, -0.15) is 0 Å². The first-order chi connectivity index (χ1) is 9.15. The molecule has 0 saturated heterocycles. The van der Waals surface area contributed by atoms with Gasteiger partial charge in [0.15, 0.2) is 0 Å². The number of aromatic nitrogens is 2. The van der Waals surface area contributed by atoms with Gasteiger partial charge in [-0.25, -0.2) is 4.98 Å². The molecule has 2 aromatic rings. The Labute approximate surface area is 114 Å². The molecule has 102 valence electrons. The maximum Gasteiger partial charge on any atom is 0.138 e. The summed E-state index contributed by atoms with van der Waals surface area (Å²) in [6.07, 6.45) is 4.06. The zero-order chi connectivity index (χ0) is 13.8. The molecule has 0 radical (unpaired) electrons. The summed E-state index contributed by atoms with van der Waals surface area (Å²) in [4.78, 5) is 4.29. The summed E-state index contributed by atoms with van der Waals surface area (Å²) in [5.74, 6) is 1.20. The molecule has 1 N–H and O–H groups in total. The van der Waals surface area contributed by atoms with Crippen LogP contribution in [0.15, 0.2) is 42.7 Å². The van der Waals surface area contributed by atoms with E-state index in [2.05, 4.69) is 31.0 Å². The molecular weight excluding hydrogens is 236 g/mol. The lowest BCUT2D eigenvalue weighted by Crippen LogP contribution is -2.20. The number of aliphatic hydroxyl groups excluding tert-OH is 1. The second-order valence-corrected chi connectivity index (χ2v) is 5.16. The van der Waals surface area contributed by atoms with Crippen LogP contribution >= 0.6 is 0 Å². The third-order valence-corrected chi connectivity index (χ3v) is 3.90. The second-order valence-electron chi connectivity index (χ2n) is 5.16. The van der Waals surface area contributed by atoms with E-state index in [1.165, 1.54) is 5.56 Å². The molecular formula is C16H22N2O. The van der Waals surface area contributed by atoms with E-state index >= 15 is 0 Å². The molecule has 2 rings (SSSR count). The van der Waals surface area contributed by atoms with Gasteiger partial charge in [-0.05, 0) is 11.5 Å². The van der Waals surface area contributed by atoms with Crippen molar-refractivity contribution in [3.63, 3.8) is 0 Å². The number of aryl methyl sites for hydroxylation is 1. The fourth-order valence-corrected chi connectivity index (χ4v) is 2.57. The summed E-state index contributed by atoms with van der Waals surface area (Å²) in [5, 5.41) is 10.7. The summed E-state index contributed by atoms with van der Waals surface area (Å²) in [5.41, 5.74) is 1.17. The lowest BCUT2D eigenvalue weighted by Gasteiger charge is -2.28. The van der Waals surface area contributed by atoms with Crippen molar-refractivity contribution >= 4 is 0 Å². The molecule has 1 heterocycles. The molecule has 0 fully saturated rings. The van der Waals surface area contributed by atoms with Crippen molar-refractivity contribution in [2.45, 2.75) is 32.3 Å². The highest BCUT2D eigenvalue weighted by Gasteiger charge is 2.29. The molecule has 3 unspecified atom stereocenters. The van der Waals surface area contributed by atoms with E-state index in [0.29, 0.717) is 5.92 Å². The van der Waals surface area contributed by atoms with Crippen LogP contribution in [-0.4, -0.2) is 14.7 Å². The Morgan fingerprint density at radius 3 is 2.47 bits per heavy atom. The predicted octanol–water partition coefficient (Wildman–Crippen LogP) is 3.28. The van der Waals surface area contributed by atoms with Crippen LogP contribution in [0.4, 0.5) is 0 Å². The maximum absolute atomic E-state index is 10.7. The van der Waals surface area contributed by atoms with E-state index in [4.69, 9.17) is 0 Å². The minimum Gasteiger partial charge on any atom is -0.385 e. The van der Waals surface area contributed by atoms with Crippen LogP contribution in [0.25, 0.3) is 0 Å². The van der Waals surface area contributed by atoms with Crippen molar-refractivity contribution in [3.8, 4) is 0 Å². The quantitative estimate of drug-likeness (QED) is 0.893. The zero-order valence-electron chi connectivity index (χ0n) is 11.8. The van der Waals surface area contributed by atoms with Crippen LogP contribution in [0, 0.1) is 5.92 Å². The SMILES string of the molecule is CCC(C)C(c1ccccc1)C(O)c1nccn1C. The predicted molar refractivity (Wildman–Crippen MR) is 76.8 cm³/mol. The first-order valence-electron chi connectivity index (χ1n) is 6.85. The highest BCUT2D eigenvalue weighted by Crippen LogP contribution is 2.37. The molecule has 0 amide bonds. The highest BCUT2D eigenvalue weighted by atomic mass is 16.3. The van der Waals surface area contributed by atoms with Gasteiger partial charge in [-0.15, -0.1) is 0 Å². The number of imidazole rings is 1. The minimum atomic E-state index is -0.572. The molecule has 0 saturated carbocycles. The Balaban J connectivity index is 2.36. The molecule has 0 aliphatic carbocycles. The lowest BCUT2D eigenvalue weighted by molar-refractivity contribution is 0.107. The molecule has 0 aliphatic rings. The third kappa shape index (κ3) is 2.87. The van der Waals surface area contributed by atoms with Gasteiger partial charge >= 0.3 is 0 Å². The van der Waals surface area contributed by atoms with Gasteiger partial charge in [0.05, 0.1) is 0 Å². The summed E-state index contributed by atoms with van der Waals surface area (Å²) < 4.78 is 1.89. The van der Waals surface area contributed by atoms with Gasteiger partial charge in [0.1, 0.15) is 11.9 Å². The number of benzene rings is 1.